The first-order valence-electron chi connectivity index (χ1n) is 7.21. The van der Waals surface area contributed by atoms with Gasteiger partial charge in [0.2, 0.25) is 0 Å². The van der Waals surface area contributed by atoms with Gasteiger partial charge in [-0.15, -0.1) is 0 Å². The molecule has 2 heterocycles. The van der Waals surface area contributed by atoms with E-state index in [0.29, 0.717) is 18.8 Å². The number of amides is 2. The molecule has 0 radical (unpaired) electrons. The van der Waals surface area contributed by atoms with Gasteiger partial charge in [0.25, 0.3) is 0 Å². The highest BCUT2D eigenvalue weighted by Crippen LogP contribution is 2.12. The number of hydrogen-bond donors (Lipinski definition) is 3. The zero-order chi connectivity index (χ0) is 15.9. The summed E-state index contributed by atoms with van der Waals surface area (Å²) >= 11 is 0. The molecule has 0 spiro atoms. The first-order chi connectivity index (χ1) is 10.6. The lowest BCUT2D eigenvalue weighted by molar-refractivity contribution is 0.241. The van der Waals surface area contributed by atoms with Crippen molar-refractivity contribution in [2.24, 2.45) is 0 Å². The van der Waals surface area contributed by atoms with Gasteiger partial charge in [-0.25, -0.2) is 9.48 Å². The number of aromatic nitrogens is 3. The Morgan fingerprint density at radius 1 is 1.45 bits per heavy atom. The summed E-state index contributed by atoms with van der Waals surface area (Å²) in [4.78, 5) is 16.2. The quantitative estimate of drug-likeness (QED) is 0.754. The van der Waals surface area contributed by atoms with Crippen LogP contribution in [0.3, 0.4) is 0 Å². The van der Waals surface area contributed by atoms with Crippen molar-refractivity contribution in [1.82, 2.24) is 20.1 Å². The Bertz CT molecular complexity index is 612. The maximum atomic E-state index is 12.0. The van der Waals surface area contributed by atoms with Crippen molar-refractivity contribution in [3.05, 3.63) is 41.9 Å². The summed E-state index contributed by atoms with van der Waals surface area (Å²) in [5, 5.41) is 18.8. The third kappa shape index (κ3) is 4.56. The lowest BCUT2D eigenvalue weighted by Gasteiger charge is -2.14. The number of aliphatic hydroxyl groups excluding tert-OH is 1. The molecular formula is C15H21N5O2. The molecule has 1 atom stereocenters. The second-order valence-corrected chi connectivity index (χ2v) is 5.16. The van der Waals surface area contributed by atoms with Crippen LogP contribution in [0.1, 0.15) is 24.7 Å². The molecule has 7 nitrogen and oxygen atoms in total. The van der Waals surface area contributed by atoms with Gasteiger partial charge in [-0.1, -0.05) is 6.07 Å². The fraction of sp³-hybridized carbons (Fsp3) is 0.400. The van der Waals surface area contributed by atoms with Crippen molar-refractivity contribution >= 4 is 11.8 Å². The predicted molar refractivity (Wildman–Crippen MR) is 83.6 cm³/mol. The zero-order valence-corrected chi connectivity index (χ0v) is 12.8. The Kier molecular flexibility index (Phi) is 5.48. The minimum Gasteiger partial charge on any atom is -0.396 e. The topological polar surface area (TPSA) is 92.1 Å². The van der Waals surface area contributed by atoms with Crippen LogP contribution < -0.4 is 10.6 Å². The highest BCUT2D eigenvalue weighted by Gasteiger charge is 2.12. The molecule has 0 aromatic carbocycles. The Hall–Kier alpha value is -2.41. The van der Waals surface area contributed by atoms with Crippen molar-refractivity contribution in [3.8, 4) is 0 Å². The number of carbonyl (C=O) groups is 1. The Balaban J connectivity index is 2.03. The van der Waals surface area contributed by atoms with E-state index in [1.54, 1.807) is 16.9 Å². The number of aliphatic hydroxyl groups is 1. The first-order valence-corrected chi connectivity index (χ1v) is 7.21. The second kappa shape index (κ2) is 7.56. The number of urea groups is 1. The third-order valence-corrected chi connectivity index (χ3v) is 3.12. The lowest BCUT2D eigenvalue weighted by atomic mass is 10.2. The van der Waals surface area contributed by atoms with E-state index in [9.17, 15) is 4.79 Å². The second-order valence-electron chi connectivity index (χ2n) is 5.16. The fourth-order valence-corrected chi connectivity index (χ4v) is 2.05. The van der Waals surface area contributed by atoms with Gasteiger partial charge >= 0.3 is 6.03 Å². The van der Waals surface area contributed by atoms with Crippen molar-refractivity contribution in [1.29, 1.82) is 0 Å². The zero-order valence-electron chi connectivity index (χ0n) is 12.8. The van der Waals surface area contributed by atoms with Gasteiger partial charge < -0.3 is 10.4 Å². The molecule has 2 aromatic heterocycles. The predicted octanol–water partition coefficient (Wildman–Crippen LogP) is 1.53. The van der Waals surface area contributed by atoms with Crippen molar-refractivity contribution in [2.75, 3.05) is 11.9 Å². The van der Waals surface area contributed by atoms with Crippen LogP contribution in [0.15, 0.2) is 30.5 Å². The van der Waals surface area contributed by atoms with Gasteiger partial charge in [0.1, 0.15) is 5.82 Å². The van der Waals surface area contributed by atoms with E-state index in [0.717, 1.165) is 11.4 Å². The molecule has 2 aromatic rings. The van der Waals surface area contributed by atoms with Gasteiger partial charge in [0, 0.05) is 24.9 Å². The molecule has 0 aliphatic rings. The van der Waals surface area contributed by atoms with Gasteiger partial charge in [-0.05, 0) is 32.4 Å². The molecule has 0 aliphatic carbocycles. The van der Waals surface area contributed by atoms with Crippen molar-refractivity contribution in [2.45, 2.75) is 32.9 Å². The minimum atomic E-state index is -0.317. The lowest BCUT2D eigenvalue weighted by Crippen LogP contribution is -2.37. The molecule has 118 valence electrons. The van der Waals surface area contributed by atoms with E-state index in [4.69, 9.17) is 5.11 Å². The number of carbonyl (C=O) groups excluding carboxylic acids is 1. The van der Waals surface area contributed by atoms with Gasteiger partial charge in [0.05, 0.1) is 17.9 Å². The maximum absolute atomic E-state index is 12.0. The first kappa shape index (κ1) is 16.0. The van der Waals surface area contributed by atoms with E-state index in [2.05, 4.69) is 20.7 Å². The number of aryl methyl sites for hydroxylation is 1. The number of anilines is 1. The molecular weight excluding hydrogens is 282 g/mol. The van der Waals surface area contributed by atoms with Crippen LogP contribution in [-0.4, -0.2) is 38.6 Å². The van der Waals surface area contributed by atoms with E-state index in [1.165, 1.54) is 0 Å². The monoisotopic (exact) mass is 303 g/mol. The van der Waals surface area contributed by atoms with Crippen molar-refractivity contribution in [3.63, 3.8) is 0 Å². The molecule has 0 aliphatic heterocycles. The van der Waals surface area contributed by atoms with Crippen LogP contribution in [0.2, 0.25) is 0 Å². The molecule has 2 rings (SSSR count). The Morgan fingerprint density at radius 3 is 2.95 bits per heavy atom. The van der Waals surface area contributed by atoms with Crippen LogP contribution >= 0.6 is 0 Å². The molecule has 0 bridgehead atoms. The number of pyridine rings is 1. The maximum Gasteiger partial charge on any atom is 0.320 e. The molecule has 3 N–H and O–H groups in total. The minimum absolute atomic E-state index is 0.0398. The summed E-state index contributed by atoms with van der Waals surface area (Å²) in [6.07, 6.45) is 2.24. The standard InChI is InChI=1S/C15H21N5O2/c1-11(6-8-21)17-15(22)18-14-9-12(2)19-20(14)10-13-5-3-4-7-16-13/h3-5,7,9,11,21H,6,8,10H2,1-2H3,(H2,17,18,22)/t11-/m1/s1. The Morgan fingerprint density at radius 2 is 2.27 bits per heavy atom. The molecule has 2 amide bonds. The number of hydrogen-bond acceptors (Lipinski definition) is 4. The normalized spacial score (nSPS) is 12.0. The summed E-state index contributed by atoms with van der Waals surface area (Å²) in [6, 6.07) is 7.06. The number of nitrogens with one attached hydrogen (secondary N) is 2. The van der Waals surface area contributed by atoms with Crippen LogP contribution in [-0.2, 0) is 6.54 Å². The summed E-state index contributed by atoms with van der Waals surface area (Å²) in [5.74, 6) is 0.608. The number of rotatable bonds is 6. The molecule has 7 heteroatoms. The largest absolute Gasteiger partial charge is 0.396 e. The molecule has 0 unspecified atom stereocenters. The van der Waals surface area contributed by atoms with E-state index < -0.39 is 0 Å². The molecule has 0 saturated heterocycles. The van der Waals surface area contributed by atoms with Gasteiger partial charge in [0.15, 0.2) is 0 Å². The summed E-state index contributed by atoms with van der Waals surface area (Å²) in [5.41, 5.74) is 1.68. The smallest absolute Gasteiger partial charge is 0.320 e. The SMILES string of the molecule is Cc1cc(NC(=O)N[C@H](C)CCO)n(Cc2ccccn2)n1. The fourth-order valence-electron chi connectivity index (χ4n) is 2.05. The van der Waals surface area contributed by atoms with E-state index in [1.807, 2.05) is 32.0 Å². The van der Waals surface area contributed by atoms with Crippen LogP contribution in [0, 0.1) is 6.92 Å². The molecule has 22 heavy (non-hydrogen) atoms. The average Bonchev–Trinajstić information content (AvgIpc) is 2.79. The highest BCUT2D eigenvalue weighted by molar-refractivity contribution is 5.88. The van der Waals surface area contributed by atoms with Gasteiger partial charge in [-0.3, -0.25) is 10.3 Å². The van der Waals surface area contributed by atoms with Crippen LogP contribution in [0.4, 0.5) is 10.6 Å². The van der Waals surface area contributed by atoms with Gasteiger partial charge in [-0.2, -0.15) is 5.10 Å². The van der Waals surface area contributed by atoms with E-state index in [-0.39, 0.29) is 18.7 Å². The third-order valence-electron chi connectivity index (χ3n) is 3.12. The summed E-state index contributed by atoms with van der Waals surface area (Å²) in [6.45, 7) is 4.23. The highest BCUT2D eigenvalue weighted by atomic mass is 16.3. The van der Waals surface area contributed by atoms with Crippen LogP contribution in [0.25, 0.3) is 0 Å². The van der Waals surface area contributed by atoms with E-state index >= 15 is 0 Å². The molecule has 0 saturated carbocycles. The average molecular weight is 303 g/mol. The van der Waals surface area contributed by atoms with Crippen molar-refractivity contribution < 1.29 is 9.90 Å². The summed E-state index contributed by atoms with van der Waals surface area (Å²) < 4.78 is 1.70. The molecule has 0 fully saturated rings. The van der Waals surface area contributed by atoms with Crippen LogP contribution in [0.5, 0.6) is 0 Å². The number of nitrogens with zero attached hydrogens (tertiary/aromatic N) is 3. The summed E-state index contributed by atoms with van der Waals surface area (Å²) in [7, 11) is 0. The Labute approximate surface area is 129 Å².